The molecule has 4 heterocycles. The Labute approximate surface area is 235 Å². The van der Waals surface area contributed by atoms with E-state index < -0.39 is 23.4 Å². The van der Waals surface area contributed by atoms with Crippen LogP contribution < -0.4 is 20.9 Å². The van der Waals surface area contributed by atoms with Crippen molar-refractivity contribution in [3.05, 3.63) is 76.7 Å². The number of pyridine rings is 2. The van der Waals surface area contributed by atoms with E-state index in [1.54, 1.807) is 12.3 Å². The van der Waals surface area contributed by atoms with Crippen molar-refractivity contribution in [2.45, 2.75) is 43.6 Å². The largest absolute Gasteiger partial charge is 0.384 e. The number of alkyl halides is 2. The molecule has 1 aromatic carbocycles. The number of amides is 2. The van der Waals surface area contributed by atoms with Crippen LogP contribution in [0.1, 0.15) is 53.7 Å². The number of benzene rings is 1. The summed E-state index contributed by atoms with van der Waals surface area (Å²) in [5.74, 6) is 0.255. The average molecular weight is 567 g/mol. The fourth-order valence-corrected chi connectivity index (χ4v) is 6.43. The second-order valence-electron chi connectivity index (χ2n) is 10.9. The quantitative estimate of drug-likeness (QED) is 0.446. The Morgan fingerprint density at radius 3 is 2.55 bits per heavy atom. The maximum atomic E-state index is 13.9. The second kappa shape index (κ2) is 10.3. The minimum absolute atomic E-state index is 0.122. The van der Waals surface area contributed by atoms with Crippen molar-refractivity contribution in [1.82, 2.24) is 15.3 Å². The minimum atomic E-state index is -2.87. The number of nitrogens with one attached hydrogen (secondary N) is 1. The molecule has 40 heavy (non-hydrogen) atoms. The molecule has 11 heteroatoms. The first-order valence-corrected chi connectivity index (χ1v) is 13.8. The summed E-state index contributed by atoms with van der Waals surface area (Å²) in [6.45, 7) is 1.78. The first-order chi connectivity index (χ1) is 19.2. The van der Waals surface area contributed by atoms with Crippen molar-refractivity contribution >= 4 is 40.6 Å². The molecule has 2 aromatic heterocycles. The topological polar surface area (TPSA) is 104 Å². The molecule has 3 aliphatic rings. The fourth-order valence-electron chi connectivity index (χ4n) is 6.27. The molecule has 2 fully saturated rings. The molecule has 0 radical (unpaired) electrons. The van der Waals surface area contributed by atoms with E-state index >= 15 is 0 Å². The van der Waals surface area contributed by atoms with E-state index in [0.29, 0.717) is 38.3 Å². The van der Waals surface area contributed by atoms with Crippen LogP contribution >= 0.6 is 11.6 Å². The van der Waals surface area contributed by atoms with E-state index in [1.165, 1.54) is 6.07 Å². The van der Waals surface area contributed by atoms with Crippen molar-refractivity contribution in [2.75, 3.05) is 35.2 Å². The van der Waals surface area contributed by atoms with E-state index in [1.807, 2.05) is 29.2 Å². The Kier molecular flexibility index (Phi) is 6.82. The van der Waals surface area contributed by atoms with Crippen molar-refractivity contribution in [1.29, 1.82) is 0 Å². The summed E-state index contributed by atoms with van der Waals surface area (Å²) < 4.78 is 26.7. The van der Waals surface area contributed by atoms with Gasteiger partial charge >= 0.3 is 0 Å². The molecule has 0 atom stereocenters. The highest BCUT2D eigenvalue weighted by Gasteiger charge is 2.58. The number of aromatic nitrogens is 2. The number of nitrogens with zero attached hydrogens (tertiary/aromatic N) is 4. The van der Waals surface area contributed by atoms with Gasteiger partial charge in [-0.05, 0) is 61.4 Å². The molecule has 3 N–H and O–H groups in total. The predicted octanol–water partition coefficient (Wildman–Crippen LogP) is 4.74. The number of hydrogen-bond donors (Lipinski definition) is 2. The van der Waals surface area contributed by atoms with Crippen LogP contribution in [0.5, 0.6) is 0 Å². The Bertz CT molecular complexity index is 1440. The first kappa shape index (κ1) is 26.4. The van der Waals surface area contributed by atoms with Crippen LogP contribution in [0.15, 0.2) is 54.9 Å². The molecule has 2 aliphatic heterocycles. The smallest absolute Gasteiger partial charge is 0.281 e. The van der Waals surface area contributed by atoms with Crippen molar-refractivity contribution in [3.63, 3.8) is 0 Å². The number of carbonyl (C=O) groups is 2. The Hall–Kier alpha value is -3.79. The van der Waals surface area contributed by atoms with Crippen LogP contribution in [0, 0.1) is 5.92 Å². The average Bonchev–Trinajstić information content (AvgIpc) is 3.17. The van der Waals surface area contributed by atoms with Gasteiger partial charge in [0, 0.05) is 37.6 Å². The molecule has 2 amide bonds. The minimum Gasteiger partial charge on any atom is -0.384 e. The number of hydrogen-bond acceptors (Lipinski definition) is 6. The van der Waals surface area contributed by atoms with Gasteiger partial charge in [0.25, 0.3) is 12.3 Å². The van der Waals surface area contributed by atoms with E-state index in [9.17, 15) is 18.4 Å². The van der Waals surface area contributed by atoms with Gasteiger partial charge in [0.1, 0.15) is 16.9 Å². The summed E-state index contributed by atoms with van der Waals surface area (Å²) in [4.78, 5) is 38.6. The maximum Gasteiger partial charge on any atom is 0.281 e. The van der Waals surface area contributed by atoms with Crippen LogP contribution in [0.25, 0.3) is 0 Å². The van der Waals surface area contributed by atoms with E-state index in [0.717, 1.165) is 36.0 Å². The molecule has 6 rings (SSSR count). The normalized spacial score (nSPS) is 21.4. The number of anilines is 3. The lowest BCUT2D eigenvalue weighted by molar-refractivity contribution is -0.124. The molecular weight excluding hydrogens is 538 g/mol. The van der Waals surface area contributed by atoms with Crippen LogP contribution in [0.4, 0.5) is 26.0 Å². The first-order valence-electron chi connectivity index (χ1n) is 13.4. The van der Waals surface area contributed by atoms with Crippen molar-refractivity contribution in [3.8, 4) is 0 Å². The standard InChI is InChI=1S/C29H29ClF2N6O2/c30-18-11-21(25(26(31)32)35-12-18)27(39)36-19-7-5-17(6-8-19)14-38-23-4-2-1-3-22(23)29(28(38)40)15-37(16-29)20-9-10-24(33)34-13-20/h1-4,9-13,17,19,26H,5-8,14-16H2,(H2,33,34)(H,36,39). The van der Waals surface area contributed by atoms with Gasteiger partial charge in [0.2, 0.25) is 5.91 Å². The van der Waals surface area contributed by atoms with Gasteiger partial charge in [-0.3, -0.25) is 14.6 Å². The van der Waals surface area contributed by atoms with Crippen LogP contribution in [-0.4, -0.2) is 47.5 Å². The number of carbonyl (C=O) groups excluding carboxylic acids is 2. The summed E-state index contributed by atoms with van der Waals surface area (Å²) in [7, 11) is 0. The third kappa shape index (κ3) is 4.64. The van der Waals surface area contributed by atoms with Gasteiger partial charge in [0.05, 0.1) is 22.5 Å². The van der Waals surface area contributed by atoms with Crippen molar-refractivity contribution < 1.29 is 18.4 Å². The van der Waals surface area contributed by atoms with E-state index in [2.05, 4.69) is 26.3 Å². The highest BCUT2D eigenvalue weighted by molar-refractivity contribution is 6.30. The highest BCUT2D eigenvalue weighted by Crippen LogP contribution is 2.49. The predicted molar refractivity (Wildman–Crippen MR) is 149 cm³/mol. The van der Waals surface area contributed by atoms with Gasteiger partial charge in [-0.1, -0.05) is 29.8 Å². The second-order valence-corrected chi connectivity index (χ2v) is 11.3. The number of rotatable bonds is 6. The molecular formula is C29H29ClF2N6O2. The van der Waals surface area contributed by atoms with Gasteiger partial charge in [-0.25, -0.2) is 13.8 Å². The van der Waals surface area contributed by atoms with Gasteiger partial charge < -0.3 is 20.9 Å². The molecule has 1 saturated heterocycles. The Morgan fingerprint density at radius 2 is 1.85 bits per heavy atom. The highest BCUT2D eigenvalue weighted by atomic mass is 35.5. The van der Waals surface area contributed by atoms with E-state index in [4.69, 9.17) is 17.3 Å². The van der Waals surface area contributed by atoms with Crippen molar-refractivity contribution in [2.24, 2.45) is 5.92 Å². The Balaban J connectivity index is 1.09. The lowest BCUT2D eigenvalue weighted by Gasteiger charge is -2.48. The lowest BCUT2D eigenvalue weighted by atomic mass is 9.74. The summed E-state index contributed by atoms with van der Waals surface area (Å²) in [6.07, 6.45) is 2.99. The fraction of sp³-hybridized carbons (Fsp3) is 0.379. The molecule has 0 bridgehead atoms. The summed E-state index contributed by atoms with van der Waals surface area (Å²) >= 11 is 5.91. The molecule has 1 aliphatic carbocycles. The van der Waals surface area contributed by atoms with Gasteiger partial charge in [-0.15, -0.1) is 0 Å². The van der Waals surface area contributed by atoms with Crippen LogP contribution in [0.3, 0.4) is 0 Å². The number of halogens is 3. The zero-order valence-corrected chi connectivity index (χ0v) is 22.5. The number of para-hydroxylation sites is 1. The summed E-state index contributed by atoms with van der Waals surface area (Å²) in [5, 5.41) is 3.01. The zero-order valence-electron chi connectivity index (χ0n) is 21.7. The summed E-state index contributed by atoms with van der Waals surface area (Å²) in [5.41, 5.74) is 7.36. The number of nitrogens with two attached hydrogens (primary N) is 1. The monoisotopic (exact) mass is 566 g/mol. The van der Waals surface area contributed by atoms with E-state index in [-0.39, 0.29) is 28.5 Å². The third-order valence-corrected chi connectivity index (χ3v) is 8.59. The third-order valence-electron chi connectivity index (χ3n) is 8.38. The SMILES string of the molecule is Nc1ccc(N2CC3(C2)C(=O)N(CC2CCC(NC(=O)c4cc(Cl)cnc4C(F)F)CC2)c2ccccc23)cn1. The van der Waals surface area contributed by atoms with Crippen LogP contribution in [0.2, 0.25) is 5.02 Å². The summed E-state index contributed by atoms with van der Waals surface area (Å²) in [6, 6.07) is 12.8. The maximum absolute atomic E-state index is 13.9. The zero-order chi connectivity index (χ0) is 28.0. The number of fused-ring (bicyclic) bond motifs is 2. The molecule has 1 spiro atoms. The van der Waals surface area contributed by atoms with Crippen LogP contribution in [-0.2, 0) is 10.2 Å². The van der Waals surface area contributed by atoms with Gasteiger partial charge in [-0.2, -0.15) is 0 Å². The Morgan fingerprint density at radius 1 is 1.10 bits per heavy atom. The molecule has 3 aromatic rings. The molecule has 0 unspecified atom stereocenters. The lowest BCUT2D eigenvalue weighted by Crippen LogP contribution is -2.64. The number of nitrogen functional groups attached to an aromatic ring is 1. The van der Waals surface area contributed by atoms with Gasteiger partial charge in [0.15, 0.2) is 0 Å². The molecule has 8 nitrogen and oxygen atoms in total. The molecule has 1 saturated carbocycles. The molecule has 208 valence electrons.